The Bertz CT molecular complexity index is 728. The maximum absolute atomic E-state index is 12.7. The number of carbonyl (C=O) groups is 1. The number of nitrogens with one attached hydrogen (secondary N) is 1. The van der Waals surface area contributed by atoms with E-state index in [0.29, 0.717) is 35.5 Å². The van der Waals surface area contributed by atoms with E-state index in [1.165, 1.54) is 11.3 Å². The van der Waals surface area contributed by atoms with E-state index < -0.39 is 0 Å². The van der Waals surface area contributed by atoms with E-state index in [0.717, 1.165) is 13.1 Å². The molecule has 2 aliphatic rings. The molecule has 0 aromatic carbocycles. The first-order valence-electron chi connectivity index (χ1n) is 7.56. The van der Waals surface area contributed by atoms with Crippen molar-refractivity contribution in [1.82, 2.24) is 25.2 Å². The second-order valence-electron chi connectivity index (χ2n) is 6.14. The van der Waals surface area contributed by atoms with Crippen molar-refractivity contribution in [1.29, 1.82) is 0 Å². The zero-order valence-electron chi connectivity index (χ0n) is 12.9. The summed E-state index contributed by atoms with van der Waals surface area (Å²) in [4.78, 5) is 27.2. The van der Waals surface area contributed by atoms with Crippen molar-refractivity contribution in [2.75, 3.05) is 32.8 Å². The van der Waals surface area contributed by atoms with Crippen molar-refractivity contribution in [3.8, 4) is 10.8 Å². The summed E-state index contributed by atoms with van der Waals surface area (Å²) in [5, 5.41) is 15.5. The van der Waals surface area contributed by atoms with Crippen molar-refractivity contribution < 1.29 is 9.90 Å². The molecule has 2 aliphatic heterocycles. The van der Waals surface area contributed by atoms with Crippen LogP contribution < -0.4 is 5.32 Å². The molecular formula is C15H18ClN5O2S. The fraction of sp³-hybridized carbons (Fsp3) is 0.467. The first-order chi connectivity index (χ1) is 11.2. The zero-order valence-corrected chi connectivity index (χ0v) is 14.5. The number of rotatable bonds is 3. The third kappa shape index (κ3) is 2.79. The molecule has 2 fully saturated rings. The first kappa shape index (κ1) is 17.2. The van der Waals surface area contributed by atoms with Gasteiger partial charge in [-0.1, -0.05) is 0 Å². The van der Waals surface area contributed by atoms with Gasteiger partial charge in [0.1, 0.15) is 5.69 Å². The van der Waals surface area contributed by atoms with Gasteiger partial charge in [-0.05, 0) is 12.0 Å². The predicted octanol–water partition coefficient (Wildman–Crippen LogP) is 0.676. The Morgan fingerprint density at radius 3 is 2.96 bits per heavy atom. The normalized spacial score (nSPS) is 25.4. The van der Waals surface area contributed by atoms with Crippen molar-refractivity contribution >= 4 is 29.7 Å². The lowest BCUT2D eigenvalue weighted by atomic mass is 9.82. The monoisotopic (exact) mass is 367 g/mol. The highest BCUT2D eigenvalue weighted by molar-refractivity contribution is 7.13. The van der Waals surface area contributed by atoms with Crippen LogP contribution in [0, 0.1) is 11.3 Å². The number of aromatic nitrogens is 3. The summed E-state index contributed by atoms with van der Waals surface area (Å²) in [6.07, 6.45) is 3.32. The molecule has 1 amide bonds. The van der Waals surface area contributed by atoms with E-state index in [1.807, 2.05) is 4.90 Å². The van der Waals surface area contributed by atoms with Gasteiger partial charge in [-0.3, -0.25) is 4.79 Å². The lowest BCUT2D eigenvalue weighted by Crippen LogP contribution is -2.38. The number of hydrogen-bond donors (Lipinski definition) is 2. The molecule has 128 valence electrons. The Balaban J connectivity index is 0.00000169. The van der Waals surface area contributed by atoms with Gasteiger partial charge >= 0.3 is 0 Å². The maximum atomic E-state index is 12.7. The van der Waals surface area contributed by atoms with E-state index in [1.54, 1.807) is 23.8 Å². The molecular weight excluding hydrogens is 350 g/mol. The van der Waals surface area contributed by atoms with E-state index in [2.05, 4.69) is 20.3 Å². The topological polar surface area (TPSA) is 91.2 Å². The molecule has 2 atom stereocenters. The summed E-state index contributed by atoms with van der Waals surface area (Å²) >= 11 is 1.37. The molecule has 2 aromatic heterocycles. The van der Waals surface area contributed by atoms with Crippen LogP contribution in [0.25, 0.3) is 10.8 Å². The van der Waals surface area contributed by atoms with Crippen LogP contribution in [0.15, 0.2) is 23.8 Å². The van der Waals surface area contributed by atoms with Crippen molar-refractivity contribution in [3.63, 3.8) is 0 Å². The molecule has 2 aromatic rings. The van der Waals surface area contributed by atoms with Crippen molar-refractivity contribution in [3.05, 3.63) is 29.5 Å². The SMILES string of the molecule is Cl.O=C(c1csc(-c2ncccn2)n1)N1CC2CNCC2(CO)C1. The number of likely N-dealkylation sites (tertiary alicyclic amines) is 1. The Hall–Kier alpha value is -1.61. The molecule has 24 heavy (non-hydrogen) atoms. The van der Waals surface area contributed by atoms with Crippen molar-refractivity contribution in [2.24, 2.45) is 11.3 Å². The number of aliphatic hydroxyl groups excluding tert-OH is 1. The Morgan fingerprint density at radius 1 is 1.46 bits per heavy atom. The number of halogens is 1. The van der Waals surface area contributed by atoms with Gasteiger partial charge in [0.05, 0.1) is 6.61 Å². The molecule has 0 saturated carbocycles. The highest BCUT2D eigenvalue weighted by atomic mass is 35.5. The lowest BCUT2D eigenvalue weighted by Gasteiger charge is -2.24. The van der Waals surface area contributed by atoms with Gasteiger partial charge in [-0.2, -0.15) is 0 Å². The number of nitrogens with zero attached hydrogens (tertiary/aromatic N) is 4. The lowest BCUT2D eigenvalue weighted by molar-refractivity contribution is 0.0740. The van der Waals surface area contributed by atoms with E-state index in [-0.39, 0.29) is 30.3 Å². The van der Waals surface area contributed by atoms with Crippen LogP contribution in [0.5, 0.6) is 0 Å². The van der Waals surface area contributed by atoms with Gasteiger partial charge < -0.3 is 15.3 Å². The van der Waals surface area contributed by atoms with Gasteiger partial charge in [0, 0.05) is 49.4 Å². The minimum atomic E-state index is -0.197. The smallest absolute Gasteiger partial charge is 0.273 e. The Morgan fingerprint density at radius 2 is 2.25 bits per heavy atom. The Labute approximate surface area is 149 Å². The second kappa shape index (κ2) is 6.72. The van der Waals surface area contributed by atoms with Crippen LogP contribution in [0.4, 0.5) is 0 Å². The van der Waals surface area contributed by atoms with Crippen LogP contribution in [0.2, 0.25) is 0 Å². The molecule has 2 unspecified atom stereocenters. The van der Waals surface area contributed by atoms with E-state index in [9.17, 15) is 9.90 Å². The van der Waals surface area contributed by atoms with Crippen LogP contribution in [-0.2, 0) is 0 Å². The largest absolute Gasteiger partial charge is 0.396 e. The van der Waals surface area contributed by atoms with Crippen LogP contribution in [0.3, 0.4) is 0 Å². The first-order valence-corrected chi connectivity index (χ1v) is 8.43. The second-order valence-corrected chi connectivity index (χ2v) is 7.00. The fourth-order valence-corrected chi connectivity index (χ4v) is 4.18. The van der Waals surface area contributed by atoms with Gasteiger partial charge in [-0.15, -0.1) is 23.7 Å². The number of thiazole rings is 1. The molecule has 4 rings (SSSR count). The summed E-state index contributed by atoms with van der Waals surface area (Å²) in [7, 11) is 0. The summed E-state index contributed by atoms with van der Waals surface area (Å²) in [5.74, 6) is 0.767. The molecule has 2 saturated heterocycles. The van der Waals surface area contributed by atoms with Crippen LogP contribution in [-0.4, -0.2) is 63.7 Å². The molecule has 7 nitrogen and oxygen atoms in total. The fourth-order valence-electron chi connectivity index (χ4n) is 3.45. The molecule has 0 spiro atoms. The standard InChI is InChI=1S/C15H17N5O2S.ClH/c21-9-15-7-16-4-10(15)5-20(8-15)14(22)11-6-23-13(19-11)12-17-2-1-3-18-12;/h1-3,6,10,16,21H,4-5,7-9H2;1H. The number of hydrogen-bond acceptors (Lipinski definition) is 7. The van der Waals surface area contributed by atoms with Gasteiger partial charge in [0.25, 0.3) is 5.91 Å². The highest BCUT2D eigenvalue weighted by Crippen LogP contribution is 2.39. The Kier molecular flexibility index (Phi) is 4.82. The molecule has 0 radical (unpaired) electrons. The average Bonchev–Trinajstić information content (AvgIpc) is 3.28. The van der Waals surface area contributed by atoms with Crippen LogP contribution in [0.1, 0.15) is 10.5 Å². The highest BCUT2D eigenvalue weighted by Gasteiger charge is 2.50. The van der Waals surface area contributed by atoms with E-state index in [4.69, 9.17) is 0 Å². The summed E-state index contributed by atoms with van der Waals surface area (Å²) < 4.78 is 0. The minimum Gasteiger partial charge on any atom is -0.396 e. The average molecular weight is 368 g/mol. The number of aliphatic hydroxyl groups is 1. The third-order valence-electron chi connectivity index (χ3n) is 4.76. The van der Waals surface area contributed by atoms with Gasteiger partial charge in [-0.25, -0.2) is 15.0 Å². The van der Waals surface area contributed by atoms with E-state index >= 15 is 0 Å². The number of fused-ring (bicyclic) bond motifs is 1. The number of amides is 1. The maximum Gasteiger partial charge on any atom is 0.273 e. The quantitative estimate of drug-likeness (QED) is 0.828. The summed E-state index contributed by atoms with van der Waals surface area (Å²) in [6.45, 7) is 2.97. The molecule has 0 bridgehead atoms. The third-order valence-corrected chi connectivity index (χ3v) is 5.60. The molecule has 2 N–H and O–H groups in total. The summed E-state index contributed by atoms with van der Waals surface area (Å²) in [5.41, 5.74) is 0.232. The van der Waals surface area contributed by atoms with Gasteiger partial charge in [0.15, 0.2) is 10.8 Å². The van der Waals surface area contributed by atoms with Crippen LogP contribution >= 0.6 is 23.7 Å². The summed E-state index contributed by atoms with van der Waals surface area (Å²) in [6, 6.07) is 1.74. The molecule has 9 heteroatoms. The number of carbonyl (C=O) groups excluding carboxylic acids is 1. The zero-order chi connectivity index (χ0) is 15.9. The molecule has 4 heterocycles. The van der Waals surface area contributed by atoms with Gasteiger partial charge in [0.2, 0.25) is 0 Å². The molecule has 0 aliphatic carbocycles. The van der Waals surface area contributed by atoms with Crippen molar-refractivity contribution in [2.45, 2.75) is 0 Å². The minimum absolute atomic E-state index is 0. The predicted molar refractivity (Wildman–Crippen MR) is 92.2 cm³/mol.